The Labute approximate surface area is 153 Å². The molecular formula is C16H28N6O4. The molecule has 0 aromatic heterocycles. The van der Waals surface area contributed by atoms with Gasteiger partial charge in [0, 0.05) is 25.7 Å². The van der Waals surface area contributed by atoms with Crippen molar-refractivity contribution in [3.63, 3.8) is 0 Å². The van der Waals surface area contributed by atoms with Gasteiger partial charge in [0.15, 0.2) is 5.96 Å². The molecule has 2 heterocycles. The number of nitrogens with zero attached hydrogens (tertiary/aromatic N) is 3. The summed E-state index contributed by atoms with van der Waals surface area (Å²) >= 11 is 0. The number of carbonyl (C=O) groups is 3. The molecule has 2 saturated heterocycles. The van der Waals surface area contributed by atoms with Gasteiger partial charge in [-0.2, -0.15) is 0 Å². The summed E-state index contributed by atoms with van der Waals surface area (Å²) in [7, 11) is 0. The first-order valence-electron chi connectivity index (χ1n) is 9.09. The van der Waals surface area contributed by atoms with Crippen LogP contribution in [0.4, 0.5) is 9.59 Å². The largest absolute Gasteiger partial charge is 0.450 e. The van der Waals surface area contributed by atoms with E-state index < -0.39 is 0 Å². The molecule has 0 aliphatic carbocycles. The zero-order valence-corrected chi connectivity index (χ0v) is 15.4. The quantitative estimate of drug-likeness (QED) is 0.337. The van der Waals surface area contributed by atoms with Gasteiger partial charge in [0.1, 0.15) is 0 Å². The molecule has 10 heteroatoms. The molecule has 0 aromatic rings. The lowest BCUT2D eigenvalue weighted by Crippen LogP contribution is -2.50. The number of piperidine rings is 1. The van der Waals surface area contributed by atoms with Crippen molar-refractivity contribution in [1.82, 2.24) is 25.8 Å². The number of imide groups is 1. The van der Waals surface area contributed by atoms with Crippen molar-refractivity contribution in [3.05, 3.63) is 0 Å². The topological polar surface area (TPSA) is 115 Å². The zero-order valence-electron chi connectivity index (χ0n) is 15.4. The maximum Gasteiger partial charge on any atom is 0.409 e. The number of ether oxygens (including phenoxy) is 1. The maximum atomic E-state index is 11.7. The minimum atomic E-state index is -0.366. The van der Waals surface area contributed by atoms with Crippen LogP contribution >= 0.6 is 0 Å². The van der Waals surface area contributed by atoms with Gasteiger partial charge < -0.3 is 25.6 Å². The zero-order chi connectivity index (χ0) is 18.9. The Morgan fingerprint density at radius 1 is 1.31 bits per heavy atom. The second kappa shape index (κ2) is 9.83. The van der Waals surface area contributed by atoms with Gasteiger partial charge in [-0.25, -0.2) is 9.59 Å². The molecule has 2 aliphatic rings. The van der Waals surface area contributed by atoms with Gasteiger partial charge in [-0.15, -0.1) is 0 Å². The van der Waals surface area contributed by atoms with Crippen molar-refractivity contribution in [2.24, 2.45) is 4.99 Å². The Morgan fingerprint density at radius 3 is 2.62 bits per heavy atom. The fourth-order valence-corrected chi connectivity index (χ4v) is 2.88. The van der Waals surface area contributed by atoms with E-state index in [0.29, 0.717) is 38.7 Å². The number of aliphatic imine (C=N–C) groups is 1. The average molecular weight is 368 g/mol. The van der Waals surface area contributed by atoms with Crippen molar-refractivity contribution in [2.75, 3.05) is 45.9 Å². The van der Waals surface area contributed by atoms with Crippen LogP contribution in [0.3, 0.4) is 0 Å². The smallest absolute Gasteiger partial charge is 0.409 e. The van der Waals surface area contributed by atoms with Gasteiger partial charge in [-0.3, -0.25) is 14.7 Å². The highest BCUT2D eigenvalue weighted by molar-refractivity contribution is 6.01. The van der Waals surface area contributed by atoms with Crippen LogP contribution in [-0.2, 0) is 9.53 Å². The van der Waals surface area contributed by atoms with E-state index in [-0.39, 0.29) is 37.2 Å². The molecule has 26 heavy (non-hydrogen) atoms. The number of rotatable bonds is 6. The van der Waals surface area contributed by atoms with Crippen molar-refractivity contribution < 1.29 is 19.1 Å². The molecule has 3 N–H and O–H groups in total. The molecule has 2 fully saturated rings. The fraction of sp³-hybridized carbons (Fsp3) is 0.750. The third-order valence-corrected chi connectivity index (χ3v) is 4.24. The highest BCUT2D eigenvalue weighted by atomic mass is 16.6. The molecule has 2 rings (SSSR count). The van der Waals surface area contributed by atoms with Crippen LogP contribution in [0.15, 0.2) is 4.99 Å². The minimum Gasteiger partial charge on any atom is -0.450 e. The van der Waals surface area contributed by atoms with Gasteiger partial charge in [-0.05, 0) is 26.7 Å². The molecular weight excluding hydrogens is 340 g/mol. The maximum absolute atomic E-state index is 11.7. The summed E-state index contributed by atoms with van der Waals surface area (Å²) in [6.07, 6.45) is 1.34. The SMILES string of the molecule is CCNC(=NCCN1C(=O)CNC1=O)NC1CCN(C(=O)OCC)CC1. The highest BCUT2D eigenvalue weighted by Crippen LogP contribution is 2.11. The second-order valence-electron chi connectivity index (χ2n) is 6.07. The second-order valence-corrected chi connectivity index (χ2v) is 6.07. The molecule has 0 radical (unpaired) electrons. The summed E-state index contributed by atoms with van der Waals surface area (Å²) in [6, 6.07) is -0.162. The molecule has 146 valence electrons. The molecule has 0 bridgehead atoms. The number of amides is 4. The molecule has 0 saturated carbocycles. The predicted molar refractivity (Wildman–Crippen MR) is 95.8 cm³/mol. The van der Waals surface area contributed by atoms with Crippen LogP contribution in [0.25, 0.3) is 0 Å². The summed E-state index contributed by atoms with van der Waals surface area (Å²) < 4.78 is 5.02. The minimum absolute atomic E-state index is 0.0555. The van der Waals surface area contributed by atoms with Crippen molar-refractivity contribution in [2.45, 2.75) is 32.7 Å². The molecule has 10 nitrogen and oxygen atoms in total. The first-order chi connectivity index (χ1) is 12.5. The van der Waals surface area contributed by atoms with Gasteiger partial charge in [0.25, 0.3) is 0 Å². The third kappa shape index (κ3) is 5.50. The standard InChI is InChI=1S/C16H28N6O4/c1-3-17-14(18-7-10-22-13(23)11-19-15(22)24)20-12-5-8-21(9-6-12)16(25)26-4-2/h12H,3-11H2,1-2H3,(H,19,24)(H2,17,18,20). The van der Waals surface area contributed by atoms with E-state index >= 15 is 0 Å². The molecule has 0 atom stereocenters. The number of guanidine groups is 1. The summed E-state index contributed by atoms with van der Waals surface area (Å²) in [4.78, 5) is 42.1. The fourth-order valence-electron chi connectivity index (χ4n) is 2.88. The molecule has 0 aromatic carbocycles. The van der Waals surface area contributed by atoms with Crippen molar-refractivity contribution in [1.29, 1.82) is 0 Å². The van der Waals surface area contributed by atoms with Gasteiger partial charge in [0.05, 0.1) is 26.2 Å². The Morgan fingerprint density at radius 2 is 2.04 bits per heavy atom. The van der Waals surface area contributed by atoms with E-state index in [1.54, 1.807) is 11.8 Å². The Balaban J connectivity index is 1.79. The first-order valence-corrected chi connectivity index (χ1v) is 9.09. The lowest BCUT2D eigenvalue weighted by molar-refractivity contribution is -0.124. The summed E-state index contributed by atoms with van der Waals surface area (Å²) in [6.45, 7) is 6.76. The van der Waals surface area contributed by atoms with Gasteiger partial charge in [0.2, 0.25) is 5.91 Å². The number of hydrogen-bond acceptors (Lipinski definition) is 5. The van der Waals surface area contributed by atoms with Crippen LogP contribution in [-0.4, -0.2) is 85.7 Å². The normalized spacial score (nSPS) is 18.8. The van der Waals surface area contributed by atoms with Crippen molar-refractivity contribution >= 4 is 24.0 Å². The number of hydrogen-bond donors (Lipinski definition) is 3. The number of urea groups is 1. The first kappa shape index (κ1) is 19.8. The van der Waals surface area contributed by atoms with E-state index in [2.05, 4.69) is 20.9 Å². The van der Waals surface area contributed by atoms with Crippen molar-refractivity contribution in [3.8, 4) is 0 Å². The van der Waals surface area contributed by atoms with E-state index in [1.807, 2.05) is 6.92 Å². The molecule has 4 amide bonds. The number of carbonyl (C=O) groups excluding carboxylic acids is 3. The summed E-state index contributed by atoms with van der Waals surface area (Å²) in [5.74, 6) is 0.420. The van der Waals surface area contributed by atoms with Crippen LogP contribution in [0.5, 0.6) is 0 Å². The Kier molecular flexibility index (Phi) is 7.49. The Bertz CT molecular complexity index is 529. The highest BCUT2D eigenvalue weighted by Gasteiger charge is 2.28. The molecule has 0 unspecified atom stereocenters. The van der Waals surface area contributed by atoms with E-state index in [9.17, 15) is 14.4 Å². The van der Waals surface area contributed by atoms with Gasteiger partial charge >= 0.3 is 12.1 Å². The van der Waals surface area contributed by atoms with Crippen LogP contribution in [0.1, 0.15) is 26.7 Å². The average Bonchev–Trinajstić information content (AvgIpc) is 2.94. The van der Waals surface area contributed by atoms with Crippen LogP contribution in [0.2, 0.25) is 0 Å². The Hall–Kier alpha value is -2.52. The summed E-state index contributed by atoms with van der Waals surface area (Å²) in [5, 5.41) is 9.00. The van der Waals surface area contributed by atoms with Gasteiger partial charge in [-0.1, -0.05) is 0 Å². The van der Waals surface area contributed by atoms with Crippen LogP contribution < -0.4 is 16.0 Å². The van der Waals surface area contributed by atoms with E-state index in [1.165, 1.54) is 4.90 Å². The van der Waals surface area contributed by atoms with Crippen LogP contribution in [0, 0.1) is 0 Å². The monoisotopic (exact) mass is 368 g/mol. The number of nitrogens with one attached hydrogen (secondary N) is 3. The third-order valence-electron chi connectivity index (χ3n) is 4.24. The summed E-state index contributed by atoms with van der Waals surface area (Å²) in [5.41, 5.74) is 0. The predicted octanol–water partition coefficient (Wildman–Crippen LogP) is -0.286. The van der Waals surface area contributed by atoms with E-state index in [4.69, 9.17) is 4.74 Å². The lowest BCUT2D eigenvalue weighted by Gasteiger charge is -2.32. The number of likely N-dealkylation sites (tertiary alicyclic amines) is 1. The van der Waals surface area contributed by atoms with E-state index in [0.717, 1.165) is 12.8 Å². The molecule has 0 spiro atoms. The lowest BCUT2D eigenvalue weighted by atomic mass is 10.1. The molecule has 2 aliphatic heterocycles.